The van der Waals surface area contributed by atoms with Crippen LogP contribution in [0.2, 0.25) is 0 Å². The van der Waals surface area contributed by atoms with Crippen LogP contribution >= 0.6 is 0 Å². The van der Waals surface area contributed by atoms with E-state index in [1.54, 1.807) is 0 Å². The molecule has 0 saturated heterocycles. The van der Waals surface area contributed by atoms with Gasteiger partial charge in [0.1, 0.15) is 23.1 Å². The summed E-state index contributed by atoms with van der Waals surface area (Å²) < 4.78 is 136. The van der Waals surface area contributed by atoms with Gasteiger partial charge < -0.3 is 19.2 Å². The van der Waals surface area contributed by atoms with Gasteiger partial charge in [-0.3, -0.25) is 0 Å². The maximum Gasteiger partial charge on any atom is 2.00 e. The van der Waals surface area contributed by atoms with Crippen molar-refractivity contribution >= 4 is 23.1 Å². The summed E-state index contributed by atoms with van der Waals surface area (Å²) in [4.78, 5) is 39.3. The molecule has 0 saturated carbocycles. The van der Waals surface area contributed by atoms with Crippen LogP contribution in [0.4, 0.5) is 52.7 Å². The second-order valence-electron chi connectivity index (χ2n) is 3.74. The molecule has 0 rings (SSSR count). The van der Waals surface area contributed by atoms with Gasteiger partial charge in [0, 0.05) is 0 Å². The fraction of sp³-hybridized carbons (Fsp3) is 0.400. The number of carbonyl (C=O) groups is 4. The van der Waals surface area contributed by atoms with Crippen LogP contribution in [0.3, 0.4) is 0 Å². The Bertz CT molecular complexity index is 456. The number of halogens is 12. The molecule has 0 aliphatic heterocycles. The zero-order valence-electron chi connectivity index (χ0n) is 11.6. The molecule has 0 heterocycles. The van der Waals surface area contributed by atoms with Gasteiger partial charge in [-0.1, -0.05) is 0 Å². The van der Waals surface area contributed by atoms with E-state index in [2.05, 4.69) is 0 Å². The maximum atomic E-state index is 11.3. The molecule has 0 aliphatic carbocycles. The maximum absolute atomic E-state index is 11.3. The molecule has 0 unspecified atom stereocenters. The van der Waals surface area contributed by atoms with Crippen molar-refractivity contribution in [3.8, 4) is 0 Å². The van der Waals surface area contributed by atoms with Crippen molar-refractivity contribution in [1.29, 1.82) is 0 Å². The third-order valence-corrected chi connectivity index (χ3v) is 1.64. The average molecular weight is 478 g/mol. The number of rotatable bonds is 4. The van der Waals surface area contributed by atoms with Gasteiger partial charge in [0.25, 0.3) is 0 Å². The quantitative estimate of drug-likeness (QED) is 0.270. The van der Waals surface area contributed by atoms with Crippen LogP contribution in [0.25, 0.3) is 0 Å². The summed E-state index contributed by atoms with van der Waals surface area (Å²) in [7, 11) is 0. The molecule has 0 atom stereocenters. The fourth-order valence-corrected chi connectivity index (χ4v) is 0.565. The van der Waals surface area contributed by atoms with Gasteiger partial charge >= 0.3 is 41.8 Å². The summed E-state index contributed by atoms with van der Waals surface area (Å²) in [6, 6.07) is 0. The van der Waals surface area contributed by atoms with Crippen LogP contribution in [-0.4, -0.2) is 47.8 Å². The van der Waals surface area contributed by atoms with E-state index in [1.807, 2.05) is 0 Å². The molecule has 0 amide bonds. The summed E-state index contributed by atoms with van der Waals surface area (Å²) in [5, 5.41) is 0. The van der Waals surface area contributed by atoms with Gasteiger partial charge in [-0.2, -0.15) is 52.7 Å². The van der Waals surface area contributed by atoms with E-state index < -0.39 is 60.7 Å². The van der Waals surface area contributed by atoms with Crippen molar-refractivity contribution in [3.63, 3.8) is 0 Å². The van der Waals surface area contributed by atoms with Crippen molar-refractivity contribution in [2.24, 2.45) is 0 Å². The molecular formula is C10H2CuF12O4. The zero-order chi connectivity index (χ0) is 21.7. The van der Waals surface area contributed by atoms with Crippen LogP contribution < -0.4 is 0 Å². The zero-order valence-corrected chi connectivity index (χ0v) is 12.6. The molecule has 0 aromatic carbocycles. The fourth-order valence-electron chi connectivity index (χ4n) is 0.565. The van der Waals surface area contributed by atoms with E-state index in [1.165, 1.54) is 0 Å². The molecule has 0 N–H and O–H groups in total. The van der Waals surface area contributed by atoms with Crippen LogP contribution in [0.5, 0.6) is 0 Å². The molecule has 4 nitrogen and oxygen atoms in total. The van der Waals surface area contributed by atoms with E-state index in [-0.39, 0.29) is 17.1 Å². The summed E-state index contributed by atoms with van der Waals surface area (Å²) in [5.74, 6) is -11.3. The molecular weight excluding hydrogens is 476 g/mol. The summed E-state index contributed by atoms with van der Waals surface area (Å²) in [6.07, 6.45) is -23.9. The van der Waals surface area contributed by atoms with E-state index in [4.69, 9.17) is 0 Å². The smallest absolute Gasteiger partial charge is 0.324 e. The Morgan fingerprint density at radius 3 is 0.593 bits per heavy atom. The molecule has 0 spiro atoms. The normalized spacial score (nSPS) is 12.0. The van der Waals surface area contributed by atoms with Gasteiger partial charge in [0.2, 0.25) is 0 Å². The van der Waals surface area contributed by atoms with Gasteiger partial charge in [0.15, 0.2) is 0 Å². The molecule has 17 heteroatoms. The second kappa shape index (κ2) is 9.87. The third kappa shape index (κ3) is 13.0. The first kappa shape index (κ1) is 29.8. The van der Waals surface area contributed by atoms with Crippen molar-refractivity contribution in [1.82, 2.24) is 0 Å². The van der Waals surface area contributed by atoms with Gasteiger partial charge in [-0.15, -0.1) is 0 Å². The van der Waals surface area contributed by atoms with E-state index in [9.17, 15) is 71.9 Å². The molecule has 0 fully saturated rings. The number of ketones is 4. The number of alkyl halides is 12. The Labute approximate surface area is 150 Å². The summed E-state index contributed by atoms with van der Waals surface area (Å²) in [6.45, 7) is 0. The average Bonchev–Trinajstić information content (AvgIpc) is 2.34. The van der Waals surface area contributed by atoms with Gasteiger partial charge in [-0.05, 0) is 0 Å². The third-order valence-electron chi connectivity index (χ3n) is 1.64. The summed E-state index contributed by atoms with van der Waals surface area (Å²) in [5.41, 5.74) is 0. The molecule has 161 valence electrons. The predicted molar refractivity (Wildman–Crippen MR) is 52.8 cm³/mol. The minimum absolute atomic E-state index is 0. The molecule has 0 aliphatic rings. The predicted octanol–water partition coefficient (Wildman–Crippen LogP) is 2.90. The van der Waals surface area contributed by atoms with Crippen molar-refractivity contribution in [3.05, 3.63) is 12.8 Å². The first-order chi connectivity index (χ1) is 11.1. The van der Waals surface area contributed by atoms with Crippen LogP contribution in [0.15, 0.2) is 0 Å². The van der Waals surface area contributed by atoms with Crippen LogP contribution in [0.1, 0.15) is 0 Å². The Balaban J connectivity index is -0.000000411. The number of hydrogen-bond donors (Lipinski definition) is 0. The topological polar surface area (TPSA) is 68.3 Å². The van der Waals surface area contributed by atoms with Gasteiger partial charge in [0.05, 0.1) is 0 Å². The largest absolute Gasteiger partial charge is 2.00 e. The van der Waals surface area contributed by atoms with Crippen LogP contribution in [-0.2, 0) is 36.2 Å². The van der Waals surface area contributed by atoms with E-state index in [0.717, 1.165) is 0 Å². The van der Waals surface area contributed by atoms with E-state index in [0.29, 0.717) is 0 Å². The van der Waals surface area contributed by atoms with Crippen molar-refractivity contribution in [2.75, 3.05) is 0 Å². The minimum atomic E-state index is -5.46. The summed E-state index contributed by atoms with van der Waals surface area (Å²) >= 11 is 0. The Hall–Kier alpha value is -1.90. The molecule has 0 bridgehead atoms. The Morgan fingerprint density at radius 1 is 0.407 bits per heavy atom. The number of carbonyl (C=O) groups excluding carboxylic acids is 4. The minimum Gasteiger partial charge on any atom is -0.324 e. The van der Waals surface area contributed by atoms with Gasteiger partial charge in [-0.25, -0.2) is 12.8 Å². The monoisotopic (exact) mass is 477 g/mol. The standard InChI is InChI=1S/2C5HF6O2.Cu/c2*6-4(7,8)2(12)1-3(13)5(9,10)11;/h2*1H;/q2*-1;+2. The Morgan fingerprint density at radius 2 is 0.519 bits per heavy atom. The first-order valence-electron chi connectivity index (χ1n) is 5.24. The Kier molecular flexibility index (Phi) is 10.9. The molecule has 27 heavy (non-hydrogen) atoms. The molecule has 0 aromatic rings. The number of hydrogen-bond acceptors (Lipinski definition) is 4. The first-order valence-corrected chi connectivity index (χ1v) is 5.24. The van der Waals surface area contributed by atoms with Crippen molar-refractivity contribution in [2.45, 2.75) is 24.7 Å². The SMILES string of the molecule is O=C([CH-]C(=O)C(F)(F)F)C(F)(F)F.O=C([CH-]C(=O)C(F)(F)F)C(F)(F)F.[Cu+2]. The van der Waals surface area contributed by atoms with Crippen molar-refractivity contribution < 1.29 is 88.9 Å². The molecule has 0 aromatic heterocycles. The molecule has 1 radical (unpaired) electrons. The van der Waals surface area contributed by atoms with Crippen LogP contribution in [0, 0.1) is 12.8 Å². The number of Topliss-reactive ketones (excluding diaryl/α,β-unsaturated/α-hetero) is 4. The second-order valence-corrected chi connectivity index (χ2v) is 3.74. The van der Waals surface area contributed by atoms with E-state index >= 15 is 0 Å².